The van der Waals surface area contributed by atoms with Gasteiger partial charge < -0.3 is 14.2 Å². The Kier molecular flexibility index (Phi) is 8.96. The van der Waals surface area contributed by atoms with Gasteiger partial charge in [-0.05, 0) is 55.5 Å². The standard InChI is InChI=1S/C20H18Cl2O5.C2H6/c1-12-10-17(27-20(24)14-4-8-16(22)9-5-14)18(26-12)11-25-19(23)13-2-6-15(21)7-3-13;1-2/h2-9,12,17-18H,10-11H2,1H3;1-2H3. The number of carbonyl (C=O) groups excluding carboxylic acids is 2. The van der Waals surface area contributed by atoms with Crippen molar-refractivity contribution in [2.75, 3.05) is 6.61 Å². The number of halogens is 2. The van der Waals surface area contributed by atoms with Crippen LogP contribution in [0.25, 0.3) is 0 Å². The Morgan fingerprint density at radius 3 is 1.93 bits per heavy atom. The molecular weight excluding hydrogens is 415 g/mol. The maximum Gasteiger partial charge on any atom is 0.338 e. The van der Waals surface area contributed by atoms with E-state index in [0.717, 1.165) is 0 Å². The van der Waals surface area contributed by atoms with Crippen LogP contribution in [0.5, 0.6) is 0 Å². The molecule has 1 aliphatic rings. The van der Waals surface area contributed by atoms with Crippen molar-refractivity contribution in [1.82, 2.24) is 0 Å². The summed E-state index contributed by atoms with van der Waals surface area (Å²) in [5, 5.41) is 1.07. The minimum atomic E-state index is -0.521. The van der Waals surface area contributed by atoms with Gasteiger partial charge in [-0.1, -0.05) is 37.0 Å². The van der Waals surface area contributed by atoms with E-state index in [-0.39, 0.29) is 12.7 Å². The summed E-state index contributed by atoms with van der Waals surface area (Å²) in [5.41, 5.74) is 0.788. The maximum atomic E-state index is 12.3. The van der Waals surface area contributed by atoms with Crippen molar-refractivity contribution >= 4 is 35.1 Å². The van der Waals surface area contributed by atoms with Crippen LogP contribution in [-0.2, 0) is 14.2 Å². The molecule has 0 N–H and O–H groups in total. The van der Waals surface area contributed by atoms with E-state index in [9.17, 15) is 9.59 Å². The largest absolute Gasteiger partial charge is 0.459 e. The topological polar surface area (TPSA) is 61.8 Å². The molecule has 7 heteroatoms. The second kappa shape index (κ2) is 11.2. The monoisotopic (exact) mass is 438 g/mol. The predicted molar refractivity (Wildman–Crippen MR) is 113 cm³/mol. The van der Waals surface area contributed by atoms with Crippen LogP contribution in [0, 0.1) is 0 Å². The molecule has 1 heterocycles. The second-order valence-electron chi connectivity index (χ2n) is 6.28. The van der Waals surface area contributed by atoms with Gasteiger partial charge in [-0.2, -0.15) is 0 Å². The molecule has 0 spiro atoms. The third-order valence-corrected chi connectivity index (χ3v) is 4.69. The van der Waals surface area contributed by atoms with Gasteiger partial charge in [-0.25, -0.2) is 9.59 Å². The molecule has 1 fully saturated rings. The highest BCUT2D eigenvalue weighted by molar-refractivity contribution is 6.30. The molecule has 0 aromatic heterocycles. The maximum absolute atomic E-state index is 12.3. The molecule has 29 heavy (non-hydrogen) atoms. The fourth-order valence-corrected chi connectivity index (χ4v) is 3.06. The Hall–Kier alpha value is -2.08. The predicted octanol–water partition coefficient (Wildman–Crippen LogP) is 5.58. The Labute approximate surface area is 180 Å². The summed E-state index contributed by atoms with van der Waals surface area (Å²) in [6.45, 7) is 5.87. The third kappa shape index (κ3) is 6.74. The van der Waals surface area contributed by atoms with Gasteiger partial charge in [0.25, 0.3) is 0 Å². The minimum absolute atomic E-state index is 0.00956. The molecule has 2 aromatic rings. The van der Waals surface area contributed by atoms with Gasteiger partial charge in [0.1, 0.15) is 18.8 Å². The molecule has 2 aromatic carbocycles. The van der Waals surface area contributed by atoms with Crippen molar-refractivity contribution in [3.63, 3.8) is 0 Å². The highest BCUT2D eigenvalue weighted by atomic mass is 35.5. The molecule has 3 unspecified atom stereocenters. The van der Waals surface area contributed by atoms with E-state index in [1.165, 1.54) is 0 Å². The molecule has 0 aliphatic carbocycles. The first-order valence-corrected chi connectivity index (χ1v) is 10.2. The lowest BCUT2D eigenvalue weighted by atomic mass is 10.1. The molecule has 0 bridgehead atoms. The van der Waals surface area contributed by atoms with Crippen LogP contribution in [0.3, 0.4) is 0 Å². The van der Waals surface area contributed by atoms with Crippen LogP contribution >= 0.6 is 23.2 Å². The Morgan fingerprint density at radius 1 is 0.931 bits per heavy atom. The molecule has 0 amide bonds. The Balaban J connectivity index is 0.00000145. The average molecular weight is 439 g/mol. The van der Waals surface area contributed by atoms with E-state index in [1.807, 2.05) is 20.8 Å². The number of carbonyl (C=O) groups is 2. The van der Waals surface area contributed by atoms with Gasteiger partial charge in [-0.3, -0.25) is 0 Å². The summed E-state index contributed by atoms with van der Waals surface area (Å²) >= 11 is 11.6. The normalized spacial score (nSPS) is 20.4. The van der Waals surface area contributed by atoms with E-state index in [1.54, 1.807) is 48.5 Å². The number of benzene rings is 2. The highest BCUT2D eigenvalue weighted by Crippen LogP contribution is 2.25. The van der Waals surface area contributed by atoms with E-state index >= 15 is 0 Å². The molecule has 156 valence electrons. The summed E-state index contributed by atoms with van der Waals surface area (Å²) in [5.74, 6) is -0.957. The van der Waals surface area contributed by atoms with Gasteiger partial charge in [0.2, 0.25) is 0 Å². The van der Waals surface area contributed by atoms with Crippen LogP contribution in [0.15, 0.2) is 48.5 Å². The summed E-state index contributed by atoms with van der Waals surface area (Å²) in [6.07, 6.45) is -0.594. The first-order valence-electron chi connectivity index (χ1n) is 9.47. The van der Waals surface area contributed by atoms with Crippen LogP contribution in [0.1, 0.15) is 47.9 Å². The van der Waals surface area contributed by atoms with Gasteiger partial charge in [-0.15, -0.1) is 0 Å². The molecule has 3 rings (SSSR count). The lowest BCUT2D eigenvalue weighted by molar-refractivity contribution is -0.0394. The lowest BCUT2D eigenvalue weighted by Crippen LogP contribution is -2.32. The van der Waals surface area contributed by atoms with Crippen molar-refractivity contribution in [1.29, 1.82) is 0 Å². The minimum Gasteiger partial charge on any atom is -0.459 e. The van der Waals surface area contributed by atoms with Crippen molar-refractivity contribution in [3.8, 4) is 0 Å². The van der Waals surface area contributed by atoms with Crippen LogP contribution in [0.2, 0.25) is 10.0 Å². The van der Waals surface area contributed by atoms with Crippen molar-refractivity contribution < 1.29 is 23.8 Å². The van der Waals surface area contributed by atoms with Crippen molar-refractivity contribution in [2.45, 2.75) is 45.5 Å². The van der Waals surface area contributed by atoms with Gasteiger partial charge in [0.15, 0.2) is 0 Å². The lowest BCUT2D eigenvalue weighted by Gasteiger charge is -2.19. The number of rotatable bonds is 5. The van der Waals surface area contributed by atoms with Gasteiger partial charge in [0, 0.05) is 16.5 Å². The summed E-state index contributed by atoms with van der Waals surface area (Å²) in [4.78, 5) is 24.4. The van der Waals surface area contributed by atoms with E-state index in [2.05, 4.69) is 0 Å². The zero-order valence-corrected chi connectivity index (χ0v) is 18.1. The fraction of sp³-hybridized carbons (Fsp3) is 0.364. The highest BCUT2D eigenvalue weighted by Gasteiger charge is 2.37. The molecule has 0 radical (unpaired) electrons. The van der Waals surface area contributed by atoms with E-state index < -0.39 is 24.1 Å². The van der Waals surface area contributed by atoms with Crippen LogP contribution < -0.4 is 0 Å². The first-order chi connectivity index (χ1) is 13.9. The number of ether oxygens (including phenoxy) is 3. The van der Waals surface area contributed by atoms with Crippen molar-refractivity contribution in [2.24, 2.45) is 0 Å². The third-order valence-electron chi connectivity index (χ3n) is 4.18. The van der Waals surface area contributed by atoms with Crippen molar-refractivity contribution in [3.05, 3.63) is 69.7 Å². The van der Waals surface area contributed by atoms with Gasteiger partial charge >= 0.3 is 11.9 Å². The molecule has 3 atom stereocenters. The number of hydrogen-bond acceptors (Lipinski definition) is 5. The molecule has 0 saturated carbocycles. The average Bonchev–Trinajstić information content (AvgIpc) is 3.07. The van der Waals surface area contributed by atoms with E-state index in [0.29, 0.717) is 27.6 Å². The second-order valence-corrected chi connectivity index (χ2v) is 7.15. The number of esters is 2. The van der Waals surface area contributed by atoms with Crippen LogP contribution in [0.4, 0.5) is 0 Å². The molecular formula is C22H24Cl2O5. The summed E-state index contributed by atoms with van der Waals surface area (Å²) in [7, 11) is 0. The summed E-state index contributed by atoms with van der Waals surface area (Å²) < 4.78 is 16.6. The SMILES string of the molecule is CC.CC1CC(OC(=O)c2ccc(Cl)cc2)C(COC(=O)c2ccc(Cl)cc2)O1. The smallest absolute Gasteiger partial charge is 0.338 e. The molecule has 1 saturated heterocycles. The first kappa shape index (κ1) is 23.2. The fourth-order valence-electron chi connectivity index (χ4n) is 2.81. The zero-order valence-electron chi connectivity index (χ0n) is 16.6. The molecule has 1 aliphatic heterocycles. The Morgan fingerprint density at radius 2 is 1.41 bits per heavy atom. The van der Waals surface area contributed by atoms with Crippen LogP contribution in [-0.4, -0.2) is 36.9 Å². The van der Waals surface area contributed by atoms with Gasteiger partial charge in [0.05, 0.1) is 17.2 Å². The zero-order chi connectivity index (χ0) is 21.4. The number of hydrogen-bond donors (Lipinski definition) is 0. The quantitative estimate of drug-likeness (QED) is 0.570. The molecule has 5 nitrogen and oxygen atoms in total. The summed E-state index contributed by atoms with van der Waals surface area (Å²) in [6, 6.07) is 12.8. The van der Waals surface area contributed by atoms with E-state index in [4.69, 9.17) is 37.4 Å². The Bertz CT molecular complexity index is 805.